The first-order chi connectivity index (χ1) is 22.6. The van der Waals surface area contributed by atoms with E-state index in [-0.39, 0.29) is 32.3 Å². The summed E-state index contributed by atoms with van der Waals surface area (Å²) >= 11 is 0. The standard InChI is InChI=1S/C42H40N4O.Pd/c1-25(2)41-40(31-21-28(6)30(8)29(7)22-31)42(26(3)4)46(44-41)32-12-11-13-33(23-32)47-34-16-17-36-35-14-9-10-15-37(35)45(38(36)24-34)39-20-27(5)18-19-43-39;/h9-22,25-26H,1-8H3;/q-2;+2. The SMILES string of the molecule is Cc1ccnc(-n2c3[c-]c(Oc4[c-]c(-n5nc(C(C)C)c(-c6cc(C)c(C)c(C)c6)c5C(C)C)ccc4)ccc3c3ccccc32)c1.[Pd+2]. The Morgan fingerprint density at radius 2 is 1.46 bits per heavy atom. The van der Waals surface area contributed by atoms with E-state index >= 15 is 0 Å². The van der Waals surface area contributed by atoms with Gasteiger partial charge in [0.15, 0.2) is 0 Å². The van der Waals surface area contributed by atoms with Gasteiger partial charge in [-0.05, 0) is 96.6 Å². The summed E-state index contributed by atoms with van der Waals surface area (Å²) < 4.78 is 10.7. The number of nitrogens with zero attached hydrogens (tertiary/aromatic N) is 4. The normalized spacial score (nSPS) is 11.5. The van der Waals surface area contributed by atoms with Crippen LogP contribution in [-0.2, 0) is 20.4 Å². The van der Waals surface area contributed by atoms with Crippen molar-refractivity contribution in [1.82, 2.24) is 19.3 Å². The van der Waals surface area contributed by atoms with Crippen LogP contribution in [0.15, 0.2) is 85.1 Å². The fourth-order valence-corrected chi connectivity index (χ4v) is 6.60. The van der Waals surface area contributed by atoms with Crippen molar-refractivity contribution in [3.8, 4) is 34.1 Å². The fraction of sp³-hybridized carbons (Fsp3) is 0.238. The van der Waals surface area contributed by atoms with E-state index in [4.69, 9.17) is 14.8 Å². The molecule has 0 spiro atoms. The monoisotopic (exact) mass is 722 g/mol. The molecule has 0 radical (unpaired) electrons. The van der Waals surface area contributed by atoms with E-state index in [0.717, 1.165) is 44.6 Å². The molecule has 0 aliphatic heterocycles. The topological polar surface area (TPSA) is 44.9 Å². The summed E-state index contributed by atoms with van der Waals surface area (Å²) in [5, 5.41) is 7.49. The molecule has 3 aromatic heterocycles. The quantitative estimate of drug-likeness (QED) is 0.122. The van der Waals surface area contributed by atoms with Gasteiger partial charge in [-0.1, -0.05) is 63.5 Å². The van der Waals surface area contributed by atoms with Gasteiger partial charge in [0.05, 0.1) is 11.4 Å². The molecule has 6 heteroatoms. The number of aryl methyl sites for hydroxylation is 3. The molecule has 7 aromatic rings. The molecule has 0 saturated carbocycles. The molecule has 4 aromatic carbocycles. The number of benzene rings is 4. The zero-order valence-corrected chi connectivity index (χ0v) is 30.3. The molecule has 3 heterocycles. The van der Waals surface area contributed by atoms with Crippen molar-refractivity contribution in [2.24, 2.45) is 0 Å². The smallest absolute Gasteiger partial charge is 0.509 e. The molecule has 0 fully saturated rings. The average Bonchev–Trinajstić information content (AvgIpc) is 3.61. The van der Waals surface area contributed by atoms with Crippen molar-refractivity contribution < 1.29 is 25.2 Å². The van der Waals surface area contributed by atoms with Crippen molar-refractivity contribution in [2.45, 2.75) is 67.2 Å². The van der Waals surface area contributed by atoms with Crippen LogP contribution in [0.4, 0.5) is 0 Å². The summed E-state index contributed by atoms with van der Waals surface area (Å²) in [6.45, 7) is 17.6. The van der Waals surface area contributed by atoms with E-state index < -0.39 is 0 Å². The van der Waals surface area contributed by atoms with Gasteiger partial charge in [0, 0.05) is 28.8 Å². The molecular formula is C42H40N4OPd. The molecule has 0 aliphatic carbocycles. The number of para-hydroxylation sites is 1. The number of fused-ring (bicyclic) bond motifs is 3. The van der Waals surface area contributed by atoms with Crippen molar-refractivity contribution >= 4 is 21.8 Å². The van der Waals surface area contributed by atoms with Crippen LogP contribution in [0, 0.1) is 39.8 Å². The predicted molar refractivity (Wildman–Crippen MR) is 192 cm³/mol. The molecule has 48 heavy (non-hydrogen) atoms. The van der Waals surface area contributed by atoms with Gasteiger partial charge in [0.25, 0.3) is 0 Å². The number of ether oxygens (including phenoxy) is 1. The van der Waals surface area contributed by atoms with Gasteiger partial charge in [-0.3, -0.25) is 4.68 Å². The summed E-state index contributed by atoms with van der Waals surface area (Å²) in [6.07, 6.45) is 1.85. The molecule has 0 N–H and O–H groups in total. The van der Waals surface area contributed by atoms with Crippen LogP contribution in [0.3, 0.4) is 0 Å². The number of aromatic nitrogens is 4. The zero-order chi connectivity index (χ0) is 33.0. The third-order valence-corrected chi connectivity index (χ3v) is 9.15. The van der Waals surface area contributed by atoms with Crippen LogP contribution in [0.1, 0.15) is 73.2 Å². The van der Waals surface area contributed by atoms with Gasteiger partial charge < -0.3 is 9.30 Å². The van der Waals surface area contributed by atoms with E-state index in [0.29, 0.717) is 11.5 Å². The molecule has 0 amide bonds. The summed E-state index contributed by atoms with van der Waals surface area (Å²) in [4.78, 5) is 4.71. The molecule has 244 valence electrons. The van der Waals surface area contributed by atoms with E-state index in [2.05, 4.69) is 131 Å². The number of pyridine rings is 1. The summed E-state index contributed by atoms with van der Waals surface area (Å²) in [5.74, 6) is 2.56. The molecule has 0 saturated heterocycles. The van der Waals surface area contributed by atoms with Gasteiger partial charge in [0.2, 0.25) is 0 Å². The first kappa shape index (κ1) is 33.4. The molecule has 0 aliphatic rings. The van der Waals surface area contributed by atoms with E-state index in [1.165, 1.54) is 33.5 Å². The minimum absolute atomic E-state index is 0. The first-order valence-electron chi connectivity index (χ1n) is 16.4. The molecule has 0 atom stereocenters. The van der Waals surface area contributed by atoms with Crippen LogP contribution >= 0.6 is 0 Å². The van der Waals surface area contributed by atoms with E-state index in [1.807, 2.05) is 30.5 Å². The molecule has 7 rings (SSSR count). The number of rotatable bonds is 7. The Morgan fingerprint density at radius 1 is 0.729 bits per heavy atom. The third kappa shape index (κ3) is 5.89. The molecule has 0 unspecified atom stereocenters. The average molecular weight is 723 g/mol. The zero-order valence-electron chi connectivity index (χ0n) is 28.8. The second-order valence-corrected chi connectivity index (χ2v) is 13.2. The minimum Gasteiger partial charge on any atom is -0.509 e. The van der Waals surface area contributed by atoms with Gasteiger partial charge in [-0.15, -0.1) is 35.7 Å². The van der Waals surface area contributed by atoms with Gasteiger partial charge in [0.1, 0.15) is 5.82 Å². The molecule has 5 nitrogen and oxygen atoms in total. The maximum atomic E-state index is 6.49. The van der Waals surface area contributed by atoms with Gasteiger partial charge in [-0.25, -0.2) is 4.98 Å². The van der Waals surface area contributed by atoms with Crippen molar-refractivity contribution in [1.29, 1.82) is 0 Å². The van der Waals surface area contributed by atoms with Crippen LogP contribution in [0.5, 0.6) is 11.5 Å². The maximum Gasteiger partial charge on any atom is 2.00 e. The van der Waals surface area contributed by atoms with Crippen LogP contribution < -0.4 is 4.74 Å². The van der Waals surface area contributed by atoms with Crippen LogP contribution in [0.25, 0.3) is 44.4 Å². The Morgan fingerprint density at radius 3 is 2.17 bits per heavy atom. The molecule has 0 bridgehead atoms. The van der Waals surface area contributed by atoms with Crippen molar-refractivity contribution in [3.63, 3.8) is 0 Å². The van der Waals surface area contributed by atoms with E-state index in [9.17, 15) is 0 Å². The van der Waals surface area contributed by atoms with Crippen molar-refractivity contribution in [2.75, 3.05) is 0 Å². The summed E-state index contributed by atoms with van der Waals surface area (Å²) in [7, 11) is 0. The third-order valence-electron chi connectivity index (χ3n) is 9.15. The number of hydrogen-bond donors (Lipinski definition) is 0. The van der Waals surface area contributed by atoms with Crippen LogP contribution in [-0.4, -0.2) is 19.3 Å². The molecular weight excluding hydrogens is 683 g/mol. The Labute approximate surface area is 297 Å². The Bertz CT molecular complexity index is 2270. The Balaban J connectivity index is 0.00000401. The fourth-order valence-electron chi connectivity index (χ4n) is 6.60. The Hall–Kier alpha value is -4.50. The minimum atomic E-state index is 0. The number of hydrogen-bond acceptors (Lipinski definition) is 3. The maximum absolute atomic E-state index is 6.49. The van der Waals surface area contributed by atoms with Crippen molar-refractivity contribution in [3.05, 3.63) is 131 Å². The summed E-state index contributed by atoms with van der Waals surface area (Å²) in [6, 6.07) is 34.3. The summed E-state index contributed by atoms with van der Waals surface area (Å²) in [5.41, 5.74) is 12.6. The van der Waals surface area contributed by atoms with E-state index in [1.54, 1.807) is 0 Å². The largest absolute Gasteiger partial charge is 2.00 e. The second-order valence-electron chi connectivity index (χ2n) is 13.2. The van der Waals surface area contributed by atoms with Crippen LogP contribution in [0.2, 0.25) is 0 Å². The second kappa shape index (κ2) is 13.2. The van der Waals surface area contributed by atoms with Gasteiger partial charge >= 0.3 is 20.4 Å². The predicted octanol–water partition coefficient (Wildman–Crippen LogP) is 10.9. The Kier molecular flexibility index (Phi) is 9.18. The van der Waals surface area contributed by atoms with Gasteiger partial charge in [-0.2, -0.15) is 17.2 Å². The first-order valence-corrected chi connectivity index (χ1v) is 16.4.